The van der Waals surface area contributed by atoms with Crippen LogP contribution in [0.25, 0.3) is 38.3 Å². The molecule has 0 spiro atoms. The third-order valence-electron chi connectivity index (χ3n) is 4.48. The molecule has 6 nitrogen and oxygen atoms in total. The Kier molecular flexibility index (Phi) is 3.87. The van der Waals surface area contributed by atoms with Gasteiger partial charge in [-0.2, -0.15) is 0 Å². The number of thiophene rings is 1. The summed E-state index contributed by atoms with van der Waals surface area (Å²) in [4.78, 5) is 28.5. The molecule has 4 aromatic rings. The first-order chi connectivity index (χ1) is 13.3. The van der Waals surface area contributed by atoms with Crippen molar-refractivity contribution in [2.75, 3.05) is 11.9 Å². The quantitative estimate of drug-likeness (QED) is 0.561. The minimum absolute atomic E-state index is 0.0573. The molecule has 1 aliphatic rings. The predicted octanol–water partition coefficient (Wildman–Crippen LogP) is 4.31. The van der Waals surface area contributed by atoms with Gasteiger partial charge in [0, 0.05) is 30.5 Å². The second-order valence-electron chi connectivity index (χ2n) is 6.11. The van der Waals surface area contributed by atoms with Crippen LogP contribution in [0.4, 0.5) is 5.69 Å². The van der Waals surface area contributed by atoms with Crippen LogP contribution in [0.2, 0.25) is 0 Å². The summed E-state index contributed by atoms with van der Waals surface area (Å²) in [6.45, 7) is 2.84. The molecular weight excluding hydrogens is 378 g/mol. The Labute approximate surface area is 162 Å². The van der Waals surface area contributed by atoms with Gasteiger partial charge in [0.15, 0.2) is 0 Å². The Morgan fingerprint density at radius 1 is 1.30 bits per heavy atom. The van der Waals surface area contributed by atoms with Gasteiger partial charge in [0.25, 0.3) is 5.56 Å². The molecule has 5 rings (SSSR count). The van der Waals surface area contributed by atoms with Crippen molar-refractivity contribution in [3.05, 3.63) is 51.1 Å². The standard InChI is InChI=1S/C19H15N5OS2/c1-2-20-13-6-7-21-18-15(13)16-17(27-18)19(25)24(9-22-16)11-4-3-5-12-14(8-11)26-10-23-12/h3,5-10H,2,4H2,1H3,(H,20,21). The number of nitrogens with one attached hydrogen (secondary N) is 1. The lowest BCUT2D eigenvalue weighted by Gasteiger charge is -2.08. The maximum absolute atomic E-state index is 13.2. The molecule has 0 radical (unpaired) electrons. The largest absolute Gasteiger partial charge is 0.385 e. The molecule has 0 unspecified atom stereocenters. The van der Waals surface area contributed by atoms with E-state index in [2.05, 4.69) is 20.3 Å². The number of nitrogens with zero attached hydrogens (tertiary/aromatic N) is 4. The molecule has 0 bridgehead atoms. The molecule has 134 valence electrons. The van der Waals surface area contributed by atoms with E-state index < -0.39 is 0 Å². The highest BCUT2D eigenvalue weighted by molar-refractivity contribution is 7.25. The Bertz CT molecular complexity index is 1290. The maximum atomic E-state index is 13.2. The minimum atomic E-state index is -0.0573. The predicted molar refractivity (Wildman–Crippen MR) is 113 cm³/mol. The third-order valence-corrected chi connectivity index (χ3v) is 6.35. The van der Waals surface area contributed by atoms with Crippen LogP contribution in [-0.4, -0.2) is 26.1 Å². The number of anilines is 1. The smallest absolute Gasteiger partial charge is 0.275 e. The lowest BCUT2D eigenvalue weighted by atomic mass is 10.2. The van der Waals surface area contributed by atoms with Crippen molar-refractivity contribution in [2.24, 2.45) is 0 Å². The summed E-state index contributed by atoms with van der Waals surface area (Å²) in [6, 6.07) is 1.93. The highest BCUT2D eigenvalue weighted by Crippen LogP contribution is 2.34. The highest BCUT2D eigenvalue weighted by atomic mass is 32.1. The fourth-order valence-electron chi connectivity index (χ4n) is 3.26. The van der Waals surface area contributed by atoms with Gasteiger partial charge in [-0.1, -0.05) is 6.08 Å². The lowest BCUT2D eigenvalue weighted by molar-refractivity contribution is 0.967. The van der Waals surface area contributed by atoms with E-state index in [0.29, 0.717) is 16.6 Å². The summed E-state index contributed by atoms with van der Waals surface area (Å²) in [5, 5.41) is 4.25. The number of pyridine rings is 1. The second-order valence-corrected chi connectivity index (χ2v) is 8.00. The maximum Gasteiger partial charge on any atom is 0.275 e. The van der Waals surface area contributed by atoms with Gasteiger partial charge >= 0.3 is 0 Å². The fourth-order valence-corrected chi connectivity index (χ4v) is 5.04. The summed E-state index contributed by atoms with van der Waals surface area (Å²) in [5.74, 6) is 0. The topological polar surface area (TPSA) is 72.7 Å². The van der Waals surface area contributed by atoms with E-state index in [1.54, 1.807) is 28.4 Å². The first kappa shape index (κ1) is 16.3. The SMILES string of the molecule is CCNc1ccnc2sc3c(=O)n(C4=Cc5scnc5C=CC4)cnc3c12. The number of allylic oxidation sites excluding steroid dienone is 2. The third kappa shape index (κ3) is 2.60. The highest BCUT2D eigenvalue weighted by Gasteiger charge is 2.17. The minimum Gasteiger partial charge on any atom is -0.385 e. The number of rotatable bonds is 3. The Balaban J connectivity index is 1.73. The van der Waals surface area contributed by atoms with Crippen molar-refractivity contribution in [1.82, 2.24) is 19.5 Å². The number of thiazole rings is 1. The van der Waals surface area contributed by atoms with Gasteiger partial charge in [0.2, 0.25) is 0 Å². The van der Waals surface area contributed by atoms with Crippen LogP contribution in [0, 0.1) is 0 Å². The summed E-state index contributed by atoms with van der Waals surface area (Å²) in [5.41, 5.74) is 5.27. The van der Waals surface area contributed by atoms with Gasteiger partial charge in [-0.3, -0.25) is 9.36 Å². The van der Waals surface area contributed by atoms with Gasteiger partial charge < -0.3 is 5.32 Å². The van der Waals surface area contributed by atoms with Gasteiger partial charge in [-0.25, -0.2) is 15.0 Å². The average molecular weight is 393 g/mol. The molecule has 4 heterocycles. The van der Waals surface area contributed by atoms with E-state index in [0.717, 1.165) is 38.7 Å². The number of hydrogen-bond donors (Lipinski definition) is 1. The molecule has 0 fully saturated rings. The number of hydrogen-bond acceptors (Lipinski definition) is 7. The van der Waals surface area contributed by atoms with Crippen molar-refractivity contribution in [3.63, 3.8) is 0 Å². The molecule has 0 amide bonds. The fraction of sp³-hybridized carbons (Fsp3) is 0.158. The van der Waals surface area contributed by atoms with Crippen LogP contribution < -0.4 is 10.9 Å². The Morgan fingerprint density at radius 2 is 2.22 bits per heavy atom. The average Bonchev–Trinajstić information content (AvgIpc) is 3.22. The van der Waals surface area contributed by atoms with Crippen LogP contribution >= 0.6 is 22.7 Å². The van der Waals surface area contributed by atoms with E-state index in [1.165, 1.54) is 11.3 Å². The summed E-state index contributed by atoms with van der Waals surface area (Å²) in [7, 11) is 0. The van der Waals surface area contributed by atoms with Gasteiger partial charge in [-0.05, 0) is 25.1 Å². The number of fused-ring (bicyclic) bond motifs is 4. The molecule has 0 saturated heterocycles. The molecule has 0 saturated carbocycles. The van der Waals surface area contributed by atoms with Crippen molar-refractivity contribution in [3.8, 4) is 0 Å². The normalized spacial score (nSPS) is 13.6. The van der Waals surface area contributed by atoms with E-state index in [9.17, 15) is 4.79 Å². The summed E-state index contributed by atoms with van der Waals surface area (Å²) >= 11 is 2.96. The molecule has 4 aromatic heterocycles. The van der Waals surface area contributed by atoms with E-state index in [4.69, 9.17) is 0 Å². The van der Waals surface area contributed by atoms with E-state index in [-0.39, 0.29) is 5.56 Å². The molecule has 0 aromatic carbocycles. The number of aromatic nitrogens is 4. The van der Waals surface area contributed by atoms with E-state index in [1.807, 2.05) is 36.7 Å². The molecule has 1 aliphatic carbocycles. The molecular formula is C19H15N5OS2. The first-order valence-electron chi connectivity index (χ1n) is 8.60. The van der Waals surface area contributed by atoms with Crippen LogP contribution in [0.3, 0.4) is 0 Å². The van der Waals surface area contributed by atoms with Crippen molar-refractivity contribution in [2.45, 2.75) is 13.3 Å². The molecule has 0 atom stereocenters. The van der Waals surface area contributed by atoms with Crippen molar-refractivity contribution in [1.29, 1.82) is 0 Å². The molecule has 0 aliphatic heterocycles. The summed E-state index contributed by atoms with van der Waals surface area (Å²) < 4.78 is 2.27. The zero-order chi connectivity index (χ0) is 18.4. The summed E-state index contributed by atoms with van der Waals surface area (Å²) in [6.07, 6.45) is 10.1. The van der Waals surface area contributed by atoms with Gasteiger partial charge in [-0.15, -0.1) is 22.7 Å². The van der Waals surface area contributed by atoms with Gasteiger partial charge in [0.1, 0.15) is 15.9 Å². The Morgan fingerprint density at radius 3 is 3.11 bits per heavy atom. The lowest BCUT2D eigenvalue weighted by Crippen LogP contribution is -2.18. The van der Waals surface area contributed by atoms with Crippen LogP contribution in [-0.2, 0) is 0 Å². The molecule has 8 heteroatoms. The first-order valence-corrected chi connectivity index (χ1v) is 10.3. The Hall–Kier alpha value is -2.84. The van der Waals surface area contributed by atoms with E-state index >= 15 is 0 Å². The zero-order valence-electron chi connectivity index (χ0n) is 14.5. The van der Waals surface area contributed by atoms with Crippen LogP contribution in [0.1, 0.15) is 23.9 Å². The molecule has 1 N–H and O–H groups in total. The monoisotopic (exact) mass is 393 g/mol. The van der Waals surface area contributed by atoms with Gasteiger partial charge in [0.05, 0.1) is 27.0 Å². The molecule has 27 heavy (non-hydrogen) atoms. The zero-order valence-corrected chi connectivity index (χ0v) is 16.1. The van der Waals surface area contributed by atoms with Crippen LogP contribution in [0.5, 0.6) is 0 Å². The van der Waals surface area contributed by atoms with Crippen molar-refractivity contribution >= 4 is 66.6 Å². The van der Waals surface area contributed by atoms with Crippen LogP contribution in [0.15, 0.2) is 35.0 Å². The second kappa shape index (κ2) is 6.40. The van der Waals surface area contributed by atoms with Crippen molar-refractivity contribution < 1.29 is 0 Å².